The third-order valence-corrected chi connectivity index (χ3v) is 7.60. The van der Waals surface area contributed by atoms with Gasteiger partial charge in [0, 0.05) is 13.1 Å². The van der Waals surface area contributed by atoms with Gasteiger partial charge in [-0.15, -0.1) is 11.8 Å². The van der Waals surface area contributed by atoms with Gasteiger partial charge in [-0.1, -0.05) is 13.3 Å². The molecule has 0 radical (unpaired) electrons. The molecule has 29 heavy (non-hydrogen) atoms. The Kier molecular flexibility index (Phi) is 8.22. The molecule has 3 saturated heterocycles. The minimum absolute atomic E-state index is 0.0416. The van der Waals surface area contributed by atoms with Crippen LogP contribution in [0.25, 0.3) is 0 Å². The van der Waals surface area contributed by atoms with Crippen LogP contribution in [0, 0.1) is 11.8 Å². The molecule has 168 valence electrons. The molecular weight excluding hydrogens is 394 g/mol. The third-order valence-electron chi connectivity index (χ3n) is 6.74. The van der Waals surface area contributed by atoms with E-state index in [1.165, 1.54) is 11.8 Å². The second kappa shape index (κ2) is 10.3. The van der Waals surface area contributed by atoms with Crippen molar-refractivity contribution in [3.8, 4) is 0 Å². The molecule has 3 aliphatic rings. The molecule has 3 aliphatic heterocycles. The molecule has 0 aromatic carbocycles. The number of rotatable bonds is 7. The van der Waals surface area contributed by atoms with Crippen LogP contribution in [-0.2, 0) is 9.53 Å². The van der Waals surface area contributed by atoms with Crippen LogP contribution in [-0.4, -0.2) is 101 Å². The van der Waals surface area contributed by atoms with Crippen LogP contribution in [0.15, 0.2) is 0 Å². The van der Waals surface area contributed by atoms with Gasteiger partial charge in [-0.05, 0) is 50.9 Å². The average Bonchev–Trinajstić information content (AvgIpc) is 3.35. The Hall–Kier alpha value is -0.420. The second-order valence-electron chi connectivity index (χ2n) is 8.81. The monoisotopic (exact) mass is 431 g/mol. The molecule has 0 bridgehead atoms. The van der Waals surface area contributed by atoms with Crippen LogP contribution < -0.4 is 10.6 Å². The van der Waals surface area contributed by atoms with Gasteiger partial charge in [-0.3, -0.25) is 9.69 Å². The molecule has 6 unspecified atom stereocenters. The molecule has 9 heteroatoms. The zero-order chi connectivity index (χ0) is 21.1. The topological polar surface area (TPSA) is 114 Å². The molecule has 0 saturated carbocycles. The first-order valence-corrected chi connectivity index (χ1v) is 12.1. The van der Waals surface area contributed by atoms with Crippen LogP contribution in [0.5, 0.6) is 0 Å². The maximum absolute atomic E-state index is 13.2. The Labute approximate surface area is 177 Å². The molecule has 5 N–H and O–H groups in total. The number of amides is 1. The Morgan fingerprint density at radius 2 is 2.07 bits per heavy atom. The van der Waals surface area contributed by atoms with Crippen LogP contribution in [0.1, 0.15) is 32.6 Å². The van der Waals surface area contributed by atoms with Crippen LogP contribution in [0.3, 0.4) is 0 Å². The standard InChI is InChI=1S/C20H37N3O5S/c1-4-5-11-8-13(23(2)10-11)19(27)22-14(12-6-7-21-9-12)18-16(25)15(24)17(26)20(28-18)29-3/h11-18,20-21,24-26H,4-10H2,1-3H3,(H,22,27)/t11-,12?,13+,14-,15?,16?,17?,18?,20?/m1/s1. The summed E-state index contributed by atoms with van der Waals surface area (Å²) >= 11 is 1.29. The van der Waals surface area contributed by atoms with Crippen molar-refractivity contribution in [2.45, 2.75) is 74.5 Å². The third kappa shape index (κ3) is 5.08. The van der Waals surface area contributed by atoms with E-state index in [-0.39, 0.29) is 17.9 Å². The SMILES string of the molecule is CCC[C@@H]1C[C@@H](C(=O)N[C@H](C2CCNC2)C2OC(SC)C(O)C(O)C2O)N(C)C1. The Morgan fingerprint density at radius 3 is 2.69 bits per heavy atom. The van der Waals surface area contributed by atoms with Crippen molar-refractivity contribution in [2.24, 2.45) is 11.8 Å². The smallest absolute Gasteiger partial charge is 0.237 e. The van der Waals surface area contributed by atoms with Crippen molar-refractivity contribution in [1.29, 1.82) is 0 Å². The number of nitrogens with one attached hydrogen (secondary N) is 2. The summed E-state index contributed by atoms with van der Waals surface area (Å²) in [5.74, 6) is 0.587. The van der Waals surface area contributed by atoms with Crippen molar-refractivity contribution in [1.82, 2.24) is 15.5 Å². The van der Waals surface area contributed by atoms with E-state index in [1.54, 1.807) is 6.26 Å². The van der Waals surface area contributed by atoms with E-state index in [4.69, 9.17) is 4.74 Å². The van der Waals surface area contributed by atoms with Crippen molar-refractivity contribution < 1.29 is 24.9 Å². The summed E-state index contributed by atoms with van der Waals surface area (Å²) in [4.78, 5) is 15.3. The molecule has 0 spiro atoms. The molecule has 3 fully saturated rings. The van der Waals surface area contributed by atoms with Gasteiger partial charge in [0.25, 0.3) is 0 Å². The van der Waals surface area contributed by atoms with Gasteiger partial charge in [0.1, 0.15) is 29.9 Å². The molecule has 0 aromatic heterocycles. The zero-order valence-electron chi connectivity index (χ0n) is 17.7. The highest BCUT2D eigenvalue weighted by Crippen LogP contribution is 2.32. The van der Waals surface area contributed by atoms with Gasteiger partial charge in [-0.25, -0.2) is 0 Å². The van der Waals surface area contributed by atoms with E-state index in [1.807, 2.05) is 7.05 Å². The number of aliphatic hydroxyl groups excluding tert-OH is 3. The zero-order valence-corrected chi connectivity index (χ0v) is 18.5. The van der Waals surface area contributed by atoms with Crippen molar-refractivity contribution in [3.63, 3.8) is 0 Å². The predicted molar refractivity (Wildman–Crippen MR) is 113 cm³/mol. The number of ether oxygens (including phenoxy) is 1. The van der Waals surface area contributed by atoms with Crippen LogP contribution >= 0.6 is 11.8 Å². The Morgan fingerprint density at radius 1 is 1.31 bits per heavy atom. The van der Waals surface area contributed by atoms with E-state index in [2.05, 4.69) is 22.5 Å². The summed E-state index contributed by atoms with van der Waals surface area (Å²) in [6.45, 7) is 4.65. The summed E-state index contributed by atoms with van der Waals surface area (Å²) in [6, 6.07) is -0.612. The predicted octanol–water partition coefficient (Wildman–Crippen LogP) is -0.628. The van der Waals surface area contributed by atoms with E-state index in [0.29, 0.717) is 5.92 Å². The lowest BCUT2D eigenvalue weighted by Gasteiger charge is -2.44. The highest BCUT2D eigenvalue weighted by atomic mass is 32.2. The minimum Gasteiger partial charge on any atom is -0.388 e. The van der Waals surface area contributed by atoms with Crippen LogP contribution in [0.4, 0.5) is 0 Å². The fourth-order valence-electron chi connectivity index (χ4n) is 5.11. The minimum atomic E-state index is -1.30. The second-order valence-corrected chi connectivity index (χ2v) is 9.75. The fraction of sp³-hybridized carbons (Fsp3) is 0.950. The Balaban J connectivity index is 1.74. The summed E-state index contributed by atoms with van der Waals surface area (Å²) < 4.78 is 6.00. The van der Waals surface area contributed by atoms with Gasteiger partial charge in [0.15, 0.2) is 0 Å². The highest BCUT2D eigenvalue weighted by molar-refractivity contribution is 7.99. The lowest BCUT2D eigenvalue weighted by molar-refractivity contribution is -0.208. The average molecular weight is 432 g/mol. The quantitative estimate of drug-likeness (QED) is 0.362. The first-order valence-electron chi connectivity index (χ1n) is 10.8. The largest absolute Gasteiger partial charge is 0.388 e. The molecule has 1 amide bonds. The molecule has 0 aromatic rings. The number of hydrogen-bond donors (Lipinski definition) is 5. The molecule has 0 aliphatic carbocycles. The number of thioether (sulfide) groups is 1. The van der Waals surface area contributed by atoms with Crippen LogP contribution in [0.2, 0.25) is 0 Å². The molecule has 3 heterocycles. The maximum Gasteiger partial charge on any atom is 0.237 e. The first-order chi connectivity index (χ1) is 13.9. The summed E-state index contributed by atoms with van der Waals surface area (Å²) in [5, 5.41) is 37.7. The van der Waals surface area contributed by atoms with E-state index >= 15 is 0 Å². The van der Waals surface area contributed by atoms with Crippen molar-refractivity contribution in [2.75, 3.05) is 32.9 Å². The van der Waals surface area contributed by atoms with E-state index in [9.17, 15) is 20.1 Å². The summed E-state index contributed by atoms with van der Waals surface area (Å²) in [5.41, 5.74) is -0.643. The number of carbonyl (C=O) groups is 1. The maximum atomic E-state index is 13.2. The lowest BCUT2D eigenvalue weighted by atomic mass is 9.86. The molecule has 3 rings (SSSR count). The number of hydrogen-bond acceptors (Lipinski definition) is 8. The van der Waals surface area contributed by atoms with Gasteiger partial charge in [-0.2, -0.15) is 0 Å². The van der Waals surface area contributed by atoms with Crippen molar-refractivity contribution in [3.05, 3.63) is 0 Å². The van der Waals surface area contributed by atoms with E-state index < -0.39 is 35.9 Å². The molecular formula is C20H37N3O5S. The van der Waals surface area contributed by atoms with Gasteiger partial charge in [0.05, 0.1) is 12.1 Å². The number of likely N-dealkylation sites (tertiary alicyclic amines) is 1. The molecule has 8 nitrogen and oxygen atoms in total. The van der Waals surface area contributed by atoms with E-state index in [0.717, 1.165) is 45.3 Å². The fourth-order valence-corrected chi connectivity index (χ4v) is 5.79. The normalized spacial score (nSPS) is 42.1. The highest BCUT2D eigenvalue weighted by Gasteiger charge is 2.49. The van der Waals surface area contributed by atoms with Gasteiger partial charge >= 0.3 is 0 Å². The number of nitrogens with zero attached hydrogens (tertiary/aromatic N) is 1. The number of aliphatic hydroxyl groups is 3. The van der Waals surface area contributed by atoms with Crippen molar-refractivity contribution >= 4 is 17.7 Å². The lowest BCUT2D eigenvalue weighted by Crippen LogP contribution is -2.65. The van der Waals surface area contributed by atoms with Gasteiger partial charge in [0.2, 0.25) is 5.91 Å². The van der Waals surface area contributed by atoms with Gasteiger partial charge < -0.3 is 30.7 Å². The summed E-state index contributed by atoms with van der Waals surface area (Å²) in [7, 11) is 1.99. The Bertz CT molecular complexity index is 548. The first kappa shape index (κ1) is 23.2. The number of likely N-dealkylation sites (N-methyl/N-ethyl adjacent to an activating group) is 1. The summed E-state index contributed by atoms with van der Waals surface area (Å²) in [6.07, 6.45) is 1.24. The number of carbonyl (C=O) groups excluding carboxylic acids is 1. The molecule has 9 atom stereocenters.